The van der Waals surface area contributed by atoms with Crippen LogP contribution in [-0.4, -0.2) is 37.6 Å². The Morgan fingerprint density at radius 1 is 1.38 bits per heavy atom. The lowest BCUT2D eigenvalue weighted by Gasteiger charge is -2.23. The van der Waals surface area contributed by atoms with Crippen molar-refractivity contribution in [1.29, 1.82) is 0 Å². The van der Waals surface area contributed by atoms with Gasteiger partial charge in [-0.15, -0.1) is 0 Å². The average molecular weight is 187 g/mol. The quantitative estimate of drug-likeness (QED) is 0.670. The van der Waals surface area contributed by atoms with Crippen molar-refractivity contribution in [3.63, 3.8) is 0 Å². The number of nitrogens with zero attached hydrogens (tertiary/aromatic N) is 1. The Labute approximate surface area is 81.1 Å². The molecule has 0 radical (unpaired) electrons. The number of amides is 1. The first kappa shape index (κ1) is 12.4. The van der Waals surface area contributed by atoms with Gasteiger partial charge in [0.05, 0.1) is 6.61 Å². The third-order valence-electron chi connectivity index (χ3n) is 1.55. The molecule has 1 amide bonds. The van der Waals surface area contributed by atoms with Crippen LogP contribution in [0.3, 0.4) is 0 Å². The number of carbonyl (C=O) groups excluding carboxylic acids is 1. The second-order valence-corrected chi connectivity index (χ2v) is 4.75. The predicted octanol–water partition coefficient (Wildman–Crippen LogP) is 1.53. The van der Waals surface area contributed by atoms with Gasteiger partial charge in [-0.05, 0) is 12.3 Å². The Balaban J connectivity index is 3.88. The van der Waals surface area contributed by atoms with E-state index in [1.54, 1.807) is 25.9 Å². The average Bonchev–Trinajstić information content (AvgIpc) is 1.97. The maximum Gasteiger partial charge on any atom is 0.250 e. The van der Waals surface area contributed by atoms with Gasteiger partial charge in [-0.1, -0.05) is 20.8 Å². The first-order chi connectivity index (χ1) is 5.74. The molecule has 1 atom stereocenters. The van der Waals surface area contributed by atoms with Gasteiger partial charge in [-0.3, -0.25) is 4.79 Å². The van der Waals surface area contributed by atoms with E-state index in [2.05, 4.69) is 20.8 Å². The molecule has 0 saturated carbocycles. The molecule has 0 heterocycles. The normalized spacial score (nSPS) is 14.0. The van der Waals surface area contributed by atoms with E-state index in [4.69, 9.17) is 4.74 Å². The van der Waals surface area contributed by atoms with Gasteiger partial charge in [0, 0.05) is 14.1 Å². The summed E-state index contributed by atoms with van der Waals surface area (Å²) < 4.78 is 5.44. The Morgan fingerprint density at radius 2 is 1.85 bits per heavy atom. The highest BCUT2D eigenvalue weighted by Crippen LogP contribution is 2.14. The summed E-state index contributed by atoms with van der Waals surface area (Å²) in [5.41, 5.74) is 0.112. The van der Waals surface area contributed by atoms with Crippen LogP contribution in [0.5, 0.6) is 0 Å². The van der Waals surface area contributed by atoms with Gasteiger partial charge in [0.2, 0.25) is 0 Å². The maximum absolute atomic E-state index is 11.4. The fourth-order valence-corrected chi connectivity index (χ4v) is 0.810. The van der Waals surface area contributed by atoms with E-state index in [1.165, 1.54) is 0 Å². The predicted molar refractivity (Wildman–Crippen MR) is 53.6 cm³/mol. The Bertz CT molecular complexity index is 170. The molecular weight excluding hydrogens is 166 g/mol. The molecule has 13 heavy (non-hydrogen) atoms. The minimum Gasteiger partial charge on any atom is -0.368 e. The fraction of sp³-hybridized carbons (Fsp3) is 0.900. The summed E-state index contributed by atoms with van der Waals surface area (Å²) in [6.07, 6.45) is -0.339. The van der Waals surface area contributed by atoms with E-state index in [1.807, 2.05) is 0 Å². The van der Waals surface area contributed by atoms with Crippen molar-refractivity contribution in [2.45, 2.75) is 33.8 Å². The molecule has 0 fully saturated rings. The van der Waals surface area contributed by atoms with Crippen LogP contribution in [0.4, 0.5) is 0 Å². The van der Waals surface area contributed by atoms with E-state index in [0.717, 1.165) is 0 Å². The van der Waals surface area contributed by atoms with E-state index in [9.17, 15) is 4.79 Å². The second kappa shape index (κ2) is 4.61. The summed E-state index contributed by atoms with van der Waals surface area (Å²) in [4.78, 5) is 12.9. The Kier molecular flexibility index (Phi) is 4.40. The van der Waals surface area contributed by atoms with Gasteiger partial charge >= 0.3 is 0 Å². The SMILES string of the molecule is CC(OCC(C)(C)C)C(=O)N(C)C. The Hall–Kier alpha value is -0.570. The zero-order valence-electron chi connectivity index (χ0n) is 9.55. The summed E-state index contributed by atoms with van der Waals surface area (Å²) in [6.45, 7) is 8.64. The van der Waals surface area contributed by atoms with Crippen LogP contribution in [0.25, 0.3) is 0 Å². The van der Waals surface area contributed by atoms with Gasteiger partial charge in [0.15, 0.2) is 0 Å². The van der Waals surface area contributed by atoms with E-state index >= 15 is 0 Å². The van der Waals surface area contributed by atoms with E-state index < -0.39 is 0 Å². The molecule has 78 valence electrons. The van der Waals surface area contributed by atoms with Gasteiger partial charge in [-0.2, -0.15) is 0 Å². The highest BCUT2D eigenvalue weighted by Gasteiger charge is 2.18. The highest BCUT2D eigenvalue weighted by molar-refractivity contribution is 5.79. The van der Waals surface area contributed by atoms with Gasteiger partial charge in [0.25, 0.3) is 5.91 Å². The molecule has 1 unspecified atom stereocenters. The minimum atomic E-state index is -0.339. The lowest BCUT2D eigenvalue weighted by molar-refractivity contribution is -0.141. The third kappa shape index (κ3) is 5.64. The lowest BCUT2D eigenvalue weighted by atomic mass is 9.98. The number of carbonyl (C=O) groups is 1. The van der Waals surface area contributed by atoms with Crippen molar-refractivity contribution in [2.75, 3.05) is 20.7 Å². The molecule has 0 spiro atoms. The number of hydrogen-bond donors (Lipinski definition) is 0. The molecule has 3 nitrogen and oxygen atoms in total. The number of hydrogen-bond acceptors (Lipinski definition) is 2. The first-order valence-electron chi connectivity index (χ1n) is 4.57. The standard InChI is InChI=1S/C10H21NO2/c1-8(9(12)11(5)6)13-7-10(2,3)4/h8H,7H2,1-6H3. The van der Waals surface area contributed by atoms with Crippen LogP contribution in [0.1, 0.15) is 27.7 Å². The van der Waals surface area contributed by atoms with E-state index in [0.29, 0.717) is 6.61 Å². The van der Waals surface area contributed by atoms with Crippen LogP contribution in [0.2, 0.25) is 0 Å². The molecule has 0 aliphatic carbocycles. The topological polar surface area (TPSA) is 29.5 Å². The molecular formula is C10H21NO2. The molecule has 0 bridgehead atoms. The monoisotopic (exact) mass is 187 g/mol. The van der Waals surface area contributed by atoms with Crippen molar-refractivity contribution in [3.05, 3.63) is 0 Å². The zero-order chi connectivity index (χ0) is 10.6. The van der Waals surface area contributed by atoms with Crippen molar-refractivity contribution in [3.8, 4) is 0 Å². The molecule has 0 aliphatic heterocycles. The molecule has 0 aliphatic rings. The third-order valence-corrected chi connectivity index (χ3v) is 1.55. The van der Waals surface area contributed by atoms with Gasteiger partial charge < -0.3 is 9.64 Å². The van der Waals surface area contributed by atoms with Gasteiger partial charge in [-0.25, -0.2) is 0 Å². The van der Waals surface area contributed by atoms with Crippen LogP contribution in [0, 0.1) is 5.41 Å². The summed E-state index contributed by atoms with van der Waals surface area (Å²) in [5.74, 6) is 0.0178. The second-order valence-electron chi connectivity index (χ2n) is 4.75. The fourth-order valence-electron chi connectivity index (χ4n) is 0.810. The van der Waals surface area contributed by atoms with Crippen LogP contribution < -0.4 is 0 Å². The first-order valence-corrected chi connectivity index (χ1v) is 4.57. The largest absolute Gasteiger partial charge is 0.368 e. The molecule has 0 rings (SSSR count). The summed E-state index contributed by atoms with van der Waals surface area (Å²) in [7, 11) is 3.47. The zero-order valence-corrected chi connectivity index (χ0v) is 9.55. The molecule has 0 aromatic carbocycles. The summed E-state index contributed by atoms with van der Waals surface area (Å²) >= 11 is 0. The Morgan fingerprint density at radius 3 is 2.15 bits per heavy atom. The van der Waals surface area contributed by atoms with E-state index in [-0.39, 0.29) is 17.4 Å². The van der Waals surface area contributed by atoms with Crippen molar-refractivity contribution in [1.82, 2.24) is 4.90 Å². The van der Waals surface area contributed by atoms with Crippen LogP contribution >= 0.6 is 0 Å². The number of rotatable bonds is 3. The number of likely N-dealkylation sites (N-methyl/N-ethyl adjacent to an activating group) is 1. The van der Waals surface area contributed by atoms with Crippen LogP contribution in [-0.2, 0) is 9.53 Å². The maximum atomic E-state index is 11.4. The van der Waals surface area contributed by atoms with Crippen LogP contribution in [0.15, 0.2) is 0 Å². The summed E-state index contributed by atoms with van der Waals surface area (Å²) in [6, 6.07) is 0. The number of ether oxygens (including phenoxy) is 1. The van der Waals surface area contributed by atoms with Gasteiger partial charge in [0.1, 0.15) is 6.10 Å². The molecule has 3 heteroatoms. The smallest absolute Gasteiger partial charge is 0.250 e. The molecule has 0 saturated heterocycles. The van der Waals surface area contributed by atoms with Crippen molar-refractivity contribution in [2.24, 2.45) is 5.41 Å². The molecule has 0 aromatic rings. The van der Waals surface area contributed by atoms with Crippen molar-refractivity contribution < 1.29 is 9.53 Å². The summed E-state index contributed by atoms with van der Waals surface area (Å²) in [5, 5.41) is 0. The van der Waals surface area contributed by atoms with Crippen molar-refractivity contribution >= 4 is 5.91 Å². The molecule has 0 N–H and O–H groups in total. The lowest BCUT2D eigenvalue weighted by Crippen LogP contribution is -2.35. The highest BCUT2D eigenvalue weighted by atomic mass is 16.5. The molecule has 0 aromatic heterocycles. The minimum absolute atomic E-state index is 0.0178.